The van der Waals surface area contributed by atoms with E-state index in [0.29, 0.717) is 29.5 Å². The van der Waals surface area contributed by atoms with Gasteiger partial charge < -0.3 is 4.84 Å². The van der Waals surface area contributed by atoms with Crippen LogP contribution in [-0.2, 0) is 4.84 Å². The van der Waals surface area contributed by atoms with Crippen molar-refractivity contribution in [2.75, 3.05) is 0 Å². The molecule has 0 saturated carbocycles. The first-order chi connectivity index (χ1) is 15.3. The number of benzene rings is 2. The number of Topliss-reactive ketones (excluding diaryl/α,β-unsaturated/α-hetero) is 1. The number of halogens is 1. The average molecular weight is 431 g/mol. The van der Waals surface area contributed by atoms with Crippen LogP contribution in [0, 0.1) is 25.6 Å². The maximum absolute atomic E-state index is 14.8. The summed E-state index contributed by atoms with van der Waals surface area (Å²) in [4.78, 5) is 23.0. The number of pyridine rings is 1. The predicted molar refractivity (Wildman–Crippen MR) is 124 cm³/mol. The van der Waals surface area contributed by atoms with Crippen molar-refractivity contribution < 1.29 is 14.0 Å². The summed E-state index contributed by atoms with van der Waals surface area (Å²) in [6, 6.07) is 14.6. The maximum Gasteiger partial charge on any atom is 0.174 e. The molecule has 0 N–H and O–H groups in total. The molecule has 164 valence electrons. The smallest absolute Gasteiger partial charge is 0.174 e. The number of hydrogen-bond acceptors (Lipinski definition) is 4. The van der Waals surface area contributed by atoms with Gasteiger partial charge in [0.1, 0.15) is 5.82 Å². The van der Waals surface area contributed by atoms with Crippen LogP contribution in [0.2, 0.25) is 0 Å². The zero-order valence-electron chi connectivity index (χ0n) is 18.9. The van der Waals surface area contributed by atoms with Gasteiger partial charge >= 0.3 is 0 Å². The van der Waals surface area contributed by atoms with Crippen molar-refractivity contribution in [3.63, 3.8) is 0 Å². The first kappa shape index (κ1) is 21.9. The Balaban J connectivity index is 1.72. The third-order valence-electron chi connectivity index (χ3n) is 5.55. The SMILES string of the molecule is Cc1ccnc(C2CC(c3cc(C(=O)CC(C)C)cc(-c4ccc(C)cc4F)c3)=NO2)c1. The first-order valence-corrected chi connectivity index (χ1v) is 10.9. The highest BCUT2D eigenvalue weighted by Gasteiger charge is 2.26. The Morgan fingerprint density at radius 3 is 2.53 bits per heavy atom. The van der Waals surface area contributed by atoms with Gasteiger partial charge in [0, 0.05) is 35.7 Å². The Labute approximate surface area is 188 Å². The molecule has 2 aromatic carbocycles. The lowest BCUT2D eigenvalue weighted by Crippen LogP contribution is -2.08. The molecule has 1 aromatic heterocycles. The normalized spacial score (nSPS) is 15.6. The van der Waals surface area contributed by atoms with E-state index in [1.54, 1.807) is 18.3 Å². The molecule has 0 fully saturated rings. The summed E-state index contributed by atoms with van der Waals surface area (Å²) in [6.07, 6.45) is 2.45. The van der Waals surface area contributed by atoms with E-state index in [9.17, 15) is 9.18 Å². The lowest BCUT2D eigenvalue weighted by Gasteiger charge is -2.12. The molecule has 4 nitrogen and oxygen atoms in total. The van der Waals surface area contributed by atoms with Crippen LogP contribution in [-0.4, -0.2) is 16.5 Å². The van der Waals surface area contributed by atoms with Crippen molar-refractivity contribution in [1.29, 1.82) is 0 Å². The summed E-state index contributed by atoms with van der Waals surface area (Å²) < 4.78 is 14.8. The van der Waals surface area contributed by atoms with Crippen LogP contribution in [0.5, 0.6) is 0 Å². The second kappa shape index (κ2) is 9.03. The highest BCUT2D eigenvalue weighted by atomic mass is 19.1. The molecule has 4 rings (SSSR count). The van der Waals surface area contributed by atoms with Crippen LogP contribution in [0.4, 0.5) is 4.39 Å². The molecule has 1 unspecified atom stereocenters. The van der Waals surface area contributed by atoms with Crippen LogP contribution in [0.15, 0.2) is 59.9 Å². The monoisotopic (exact) mass is 430 g/mol. The van der Waals surface area contributed by atoms with Crippen molar-refractivity contribution in [3.05, 3.63) is 88.5 Å². The van der Waals surface area contributed by atoms with Crippen LogP contribution in [0.25, 0.3) is 11.1 Å². The zero-order valence-corrected chi connectivity index (χ0v) is 18.9. The van der Waals surface area contributed by atoms with E-state index in [-0.39, 0.29) is 23.6 Å². The molecule has 2 heterocycles. The summed E-state index contributed by atoms with van der Waals surface area (Å²) in [5.74, 6) is -0.0439. The molecule has 3 aromatic rings. The van der Waals surface area contributed by atoms with Gasteiger partial charge in [0.25, 0.3) is 0 Å². The summed E-state index contributed by atoms with van der Waals surface area (Å²) in [5.41, 5.74) is 5.95. The number of carbonyl (C=O) groups is 1. The van der Waals surface area contributed by atoms with Gasteiger partial charge in [0.15, 0.2) is 11.9 Å². The number of aryl methyl sites for hydroxylation is 2. The van der Waals surface area contributed by atoms with Crippen molar-refractivity contribution >= 4 is 11.5 Å². The van der Waals surface area contributed by atoms with Gasteiger partial charge in [-0.2, -0.15) is 0 Å². The highest BCUT2D eigenvalue weighted by Crippen LogP contribution is 2.32. The van der Waals surface area contributed by atoms with Gasteiger partial charge in [-0.1, -0.05) is 31.1 Å². The topological polar surface area (TPSA) is 51.5 Å². The van der Waals surface area contributed by atoms with E-state index >= 15 is 0 Å². The maximum atomic E-state index is 14.8. The first-order valence-electron chi connectivity index (χ1n) is 10.9. The second-order valence-corrected chi connectivity index (χ2v) is 8.90. The summed E-state index contributed by atoms with van der Waals surface area (Å²) >= 11 is 0. The number of ketones is 1. The molecule has 0 saturated heterocycles. The number of nitrogens with zero attached hydrogens (tertiary/aromatic N) is 2. The molecule has 0 radical (unpaired) electrons. The minimum Gasteiger partial charge on any atom is -0.385 e. The summed E-state index contributed by atoms with van der Waals surface area (Å²) in [5, 5.41) is 4.30. The quantitative estimate of drug-likeness (QED) is 0.414. The fourth-order valence-electron chi connectivity index (χ4n) is 3.90. The Kier molecular flexibility index (Phi) is 6.17. The van der Waals surface area contributed by atoms with Gasteiger partial charge in [0.2, 0.25) is 0 Å². The average Bonchev–Trinajstić information content (AvgIpc) is 3.23. The van der Waals surface area contributed by atoms with E-state index in [2.05, 4.69) is 10.1 Å². The number of hydrogen-bond donors (Lipinski definition) is 0. The van der Waals surface area contributed by atoms with Crippen molar-refractivity contribution in [2.24, 2.45) is 11.1 Å². The van der Waals surface area contributed by atoms with Crippen LogP contribution in [0.3, 0.4) is 0 Å². The number of aromatic nitrogens is 1. The summed E-state index contributed by atoms with van der Waals surface area (Å²) in [7, 11) is 0. The van der Waals surface area contributed by atoms with E-state index < -0.39 is 0 Å². The Hall–Kier alpha value is -3.34. The van der Waals surface area contributed by atoms with Gasteiger partial charge in [0.05, 0.1) is 11.4 Å². The van der Waals surface area contributed by atoms with Gasteiger partial charge in [-0.25, -0.2) is 4.39 Å². The third-order valence-corrected chi connectivity index (χ3v) is 5.55. The molecule has 0 amide bonds. The predicted octanol–water partition coefficient (Wildman–Crippen LogP) is 6.60. The lowest BCUT2D eigenvalue weighted by atomic mass is 9.92. The number of rotatable bonds is 6. The van der Waals surface area contributed by atoms with E-state index in [1.807, 2.05) is 58.0 Å². The Bertz CT molecular complexity index is 1200. The molecular formula is C27H27FN2O2. The minimum atomic E-state index is -0.309. The molecule has 5 heteroatoms. The molecule has 0 aliphatic carbocycles. The lowest BCUT2D eigenvalue weighted by molar-refractivity contribution is 0.0825. The number of oxime groups is 1. The summed E-state index contributed by atoms with van der Waals surface area (Å²) in [6.45, 7) is 7.88. The van der Waals surface area contributed by atoms with Crippen molar-refractivity contribution in [3.8, 4) is 11.1 Å². The van der Waals surface area contributed by atoms with E-state index in [1.165, 1.54) is 6.07 Å². The van der Waals surface area contributed by atoms with Crippen LogP contribution >= 0.6 is 0 Å². The second-order valence-electron chi connectivity index (χ2n) is 8.90. The third kappa shape index (κ3) is 4.77. The Morgan fingerprint density at radius 2 is 1.81 bits per heavy atom. The van der Waals surface area contributed by atoms with E-state index in [0.717, 1.165) is 28.1 Å². The molecule has 1 atom stereocenters. The minimum absolute atomic E-state index is 0.0343. The fourth-order valence-corrected chi connectivity index (χ4v) is 3.90. The fraction of sp³-hybridized carbons (Fsp3) is 0.296. The van der Waals surface area contributed by atoms with Crippen LogP contribution < -0.4 is 0 Å². The standard InChI is InChI=1S/C27H27FN2O2/c1-16(2)9-26(31)21-13-19(22-6-5-17(3)10-23(22)28)12-20(14-21)24-15-27(32-30-24)25-11-18(4)7-8-29-25/h5-8,10-14,16,27H,9,15H2,1-4H3. The molecular weight excluding hydrogens is 403 g/mol. The molecule has 0 spiro atoms. The highest BCUT2D eigenvalue weighted by molar-refractivity contribution is 6.05. The van der Waals surface area contributed by atoms with E-state index in [4.69, 9.17) is 4.84 Å². The zero-order chi connectivity index (χ0) is 22.8. The molecule has 32 heavy (non-hydrogen) atoms. The number of carbonyl (C=O) groups excluding carboxylic acids is 1. The van der Waals surface area contributed by atoms with Crippen molar-refractivity contribution in [1.82, 2.24) is 4.98 Å². The van der Waals surface area contributed by atoms with Crippen LogP contribution in [0.1, 0.15) is 65.5 Å². The van der Waals surface area contributed by atoms with Crippen molar-refractivity contribution in [2.45, 2.75) is 46.6 Å². The van der Waals surface area contributed by atoms with Gasteiger partial charge in [-0.3, -0.25) is 9.78 Å². The Morgan fingerprint density at radius 1 is 1.06 bits per heavy atom. The van der Waals surface area contributed by atoms with Gasteiger partial charge in [-0.15, -0.1) is 0 Å². The molecule has 0 bridgehead atoms. The molecule has 1 aliphatic heterocycles. The van der Waals surface area contributed by atoms with Gasteiger partial charge in [-0.05, 0) is 72.9 Å². The molecule has 1 aliphatic rings. The largest absolute Gasteiger partial charge is 0.385 e.